The van der Waals surface area contributed by atoms with Crippen LogP contribution in [0.1, 0.15) is 81.6 Å². The summed E-state index contributed by atoms with van der Waals surface area (Å²) in [5, 5.41) is 5.70. The van der Waals surface area contributed by atoms with Gasteiger partial charge in [0.1, 0.15) is 11.6 Å². The number of alkyl halides is 3. The number of likely N-dealkylation sites (tertiary alicyclic amines) is 1. The van der Waals surface area contributed by atoms with Crippen molar-refractivity contribution in [3.8, 4) is 5.75 Å². The van der Waals surface area contributed by atoms with Gasteiger partial charge in [0.25, 0.3) is 11.8 Å². The van der Waals surface area contributed by atoms with Gasteiger partial charge in [0.2, 0.25) is 5.95 Å². The Kier molecular flexibility index (Phi) is 7.45. The monoisotopic (exact) mass is 652 g/mol. The standard InChI is InChI=1S/C34H36F4N6O3/c1-43-11-9-32(10-12-43)16-20(17-32)40-29(45)21-14-27(47-3)26(15-24(21)35)42-31-39-18-23(34(36,37)38)25(41-31)13-19-5-4-6-22-28(19)30(46)44(2)33(22)7-8-33/h4-6,14-15,18,20H,7-13,16-17H2,1-3H3,(H,40,45)(H,39,41,42). The topological polar surface area (TPSA) is 99.7 Å². The number of hydrogen-bond donors (Lipinski definition) is 2. The molecule has 0 radical (unpaired) electrons. The molecule has 0 atom stereocenters. The van der Waals surface area contributed by atoms with Crippen LogP contribution in [0.5, 0.6) is 5.75 Å². The molecule has 13 heteroatoms. The summed E-state index contributed by atoms with van der Waals surface area (Å²) < 4.78 is 63.1. The largest absolute Gasteiger partial charge is 0.495 e. The summed E-state index contributed by atoms with van der Waals surface area (Å²) in [4.78, 5) is 38.2. The van der Waals surface area contributed by atoms with Crippen LogP contribution in [-0.4, -0.2) is 71.9 Å². The average molecular weight is 653 g/mol. The van der Waals surface area contributed by atoms with Crippen molar-refractivity contribution in [2.75, 3.05) is 39.6 Å². The van der Waals surface area contributed by atoms with Crippen LogP contribution in [-0.2, 0) is 18.1 Å². The molecule has 3 heterocycles. The van der Waals surface area contributed by atoms with Gasteiger partial charge in [-0.2, -0.15) is 13.2 Å². The molecule has 47 heavy (non-hydrogen) atoms. The van der Waals surface area contributed by atoms with Crippen molar-refractivity contribution in [3.05, 3.63) is 75.9 Å². The van der Waals surface area contributed by atoms with Gasteiger partial charge in [-0.3, -0.25) is 9.59 Å². The van der Waals surface area contributed by atoms with Crippen LogP contribution in [0.25, 0.3) is 0 Å². The second-order valence-electron chi connectivity index (χ2n) is 13.5. The Bertz CT molecular complexity index is 1760. The van der Waals surface area contributed by atoms with E-state index < -0.39 is 23.5 Å². The zero-order valence-corrected chi connectivity index (χ0v) is 26.4. The maximum Gasteiger partial charge on any atom is 0.419 e. The van der Waals surface area contributed by atoms with Gasteiger partial charge < -0.3 is 25.2 Å². The minimum atomic E-state index is -4.75. The van der Waals surface area contributed by atoms with Gasteiger partial charge in [-0.05, 0) is 81.3 Å². The molecule has 3 fully saturated rings. The zero-order valence-electron chi connectivity index (χ0n) is 26.4. The summed E-state index contributed by atoms with van der Waals surface area (Å²) >= 11 is 0. The smallest absolute Gasteiger partial charge is 0.419 e. The van der Waals surface area contributed by atoms with Crippen molar-refractivity contribution in [1.82, 2.24) is 25.1 Å². The van der Waals surface area contributed by atoms with Crippen LogP contribution in [0.15, 0.2) is 36.5 Å². The highest BCUT2D eigenvalue weighted by Gasteiger charge is 2.56. The van der Waals surface area contributed by atoms with Crippen LogP contribution in [0.2, 0.25) is 0 Å². The van der Waals surface area contributed by atoms with Crippen molar-refractivity contribution >= 4 is 23.5 Å². The minimum Gasteiger partial charge on any atom is -0.495 e. The molecule has 9 nitrogen and oxygen atoms in total. The molecule has 3 aromatic rings. The highest BCUT2D eigenvalue weighted by molar-refractivity contribution is 6.02. The fraction of sp³-hybridized carbons (Fsp3) is 0.471. The Morgan fingerprint density at radius 3 is 2.49 bits per heavy atom. The fourth-order valence-electron chi connectivity index (χ4n) is 7.65. The van der Waals surface area contributed by atoms with Crippen molar-refractivity contribution in [3.63, 3.8) is 0 Å². The van der Waals surface area contributed by atoms with Crippen LogP contribution < -0.4 is 15.4 Å². The third kappa shape index (κ3) is 5.47. The molecule has 1 saturated heterocycles. The Hall–Kier alpha value is -4.26. The van der Waals surface area contributed by atoms with E-state index in [1.54, 1.807) is 24.1 Å². The lowest BCUT2D eigenvalue weighted by atomic mass is 9.60. The molecular weight excluding hydrogens is 616 g/mol. The number of benzene rings is 2. The summed E-state index contributed by atoms with van der Waals surface area (Å²) in [6, 6.07) is 7.50. The van der Waals surface area contributed by atoms with E-state index in [2.05, 4.69) is 32.5 Å². The second-order valence-corrected chi connectivity index (χ2v) is 13.5. The number of piperidine rings is 1. The third-order valence-electron chi connectivity index (χ3n) is 10.6. The Morgan fingerprint density at radius 1 is 1.11 bits per heavy atom. The first kappa shape index (κ1) is 31.3. The number of fused-ring (bicyclic) bond motifs is 2. The fourth-order valence-corrected chi connectivity index (χ4v) is 7.65. The van der Waals surface area contributed by atoms with Crippen LogP contribution in [0.3, 0.4) is 0 Å². The number of halogens is 4. The first-order valence-corrected chi connectivity index (χ1v) is 15.8. The summed E-state index contributed by atoms with van der Waals surface area (Å²) in [6.45, 7) is 2.05. The number of hydrogen-bond acceptors (Lipinski definition) is 7. The molecule has 2 saturated carbocycles. The molecule has 1 aromatic heterocycles. The average Bonchev–Trinajstić information content (AvgIpc) is 3.79. The number of carbonyl (C=O) groups is 2. The van der Waals surface area contributed by atoms with Gasteiger partial charge in [0.05, 0.1) is 35.2 Å². The highest BCUT2D eigenvalue weighted by Crippen LogP contribution is 2.56. The molecule has 0 bridgehead atoms. The van der Waals surface area contributed by atoms with E-state index in [-0.39, 0.29) is 58.0 Å². The first-order chi connectivity index (χ1) is 22.3. The normalized spacial score (nSPS) is 19.9. The summed E-state index contributed by atoms with van der Waals surface area (Å²) in [6.07, 6.45) is 1.13. The van der Waals surface area contributed by atoms with E-state index in [0.717, 1.165) is 63.2 Å². The highest BCUT2D eigenvalue weighted by atomic mass is 19.4. The van der Waals surface area contributed by atoms with Crippen molar-refractivity contribution in [1.29, 1.82) is 0 Å². The lowest BCUT2D eigenvalue weighted by Crippen LogP contribution is -2.54. The zero-order chi connectivity index (χ0) is 33.3. The predicted octanol–water partition coefficient (Wildman–Crippen LogP) is 5.66. The minimum absolute atomic E-state index is 0.0364. The van der Waals surface area contributed by atoms with Crippen LogP contribution in [0.4, 0.5) is 29.2 Å². The summed E-state index contributed by atoms with van der Waals surface area (Å²) in [5.74, 6) is -1.75. The molecule has 7 rings (SSSR count). The van der Waals surface area contributed by atoms with Gasteiger partial charge in [-0.15, -0.1) is 0 Å². The number of anilines is 2. The molecule has 2 spiro atoms. The molecular formula is C34H36F4N6O3. The number of nitrogens with one attached hydrogen (secondary N) is 2. The molecule has 2 N–H and O–H groups in total. The molecule has 0 unspecified atom stereocenters. The van der Waals surface area contributed by atoms with Gasteiger partial charge in [0.15, 0.2) is 0 Å². The van der Waals surface area contributed by atoms with E-state index in [1.807, 2.05) is 6.07 Å². The van der Waals surface area contributed by atoms with Crippen LogP contribution >= 0.6 is 0 Å². The third-order valence-corrected chi connectivity index (χ3v) is 10.6. The van der Waals surface area contributed by atoms with Gasteiger partial charge in [0, 0.05) is 37.3 Å². The Morgan fingerprint density at radius 2 is 1.83 bits per heavy atom. The number of carbonyl (C=O) groups excluding carboxylic acids is 2. The van der Waals surface area contributed by atoms with E-state index in [4.69, 9.17) is 4.74 Å². The second kappa shape index (κ2) is 11.2. The Balaban J connectivity index is 1.12. The van der Waals surface area contributed by atoms with E-state index in [0.29, 0.717) is 17.3 Å². The number of methoxy groups -OCH3 is 1. The molecule has 2 aromatic carbocycles. The van der Waals surface area contributed by atoms with E-state index in [1.165, 1.54) is 13.2 Å². The first-order valence-electron chi connectivity index (χ1n) is 15.8. The van der Waals surface area contributed by atoms with E-state index >= 15 is 4.39 Å². The van der Waals surface area contributed by atoms with Crippen molar-refractivity contribution < 1.29 is 31.9 Å². The van der Waals surface area contributed by atoms with Crippen molar-refractivity contribution in [2.24, 2.45) is 5.41 Å². The summed E-state index contributed by atoms with van der Waals surface area (Å²) in [5.41, 5.74) is -0.0179. The molecule has 4 aliphatic rings. The molecule has 2 aliphatic heterocycles. The lowest BCUT2D eigenvalue weighted by molar-refractivity contribution is -0.138. The molecule has 248 valence electrons. The number of nitrogens with zero attached hydrogens (tertiary/aromatic N) is 4. The van der Waals surface area contributed by atoms with Gasteiger partial charge >= 0.3 is 6.18 Å². The molecule has 2 aliphatic carbocycles. The number of aromatic nitrogens is 2. The summed E-state index contributed by atoms with van der Waals surface area (Å²) in [7, 11) is 5.15. The molecule has 2 amide bonds. The quantitative estimate of drug-likeness (QED) is 0.318. The Labute approximate surface area is 269 Å². The lowest BCUT2D eigenvalue weighted by Gasteiger charge is -2.52. The maximum absolute atomic E-state index is 15.3. The maximum atomic E-state index is 15.3. The van der Waals surface area contributed by atoms with Crippen LogP contribution in [0, 0.1) is 11.2 Å². The predicted molar refractivity (Wildman–Crippen MR) is 165 cm³/mol. The number of ether oxygens (including phenoxy) is 1. The number of amides is 2. The number of rotatable bonds is 7. The van der Waals surface area contributed by atoms with E-state index in [9.17, 15) is 22.8 Å². The van der Waals surface area contributed by atoms with Gasteiger partial charge in [-0.1, -0.05) is 18.2 Å². The van der Waals surface area contributed by atoms with Gasteiger partial charge in [-0.25, -0.2) is 14.4 Å². The SMILES string of the molecule is COc1cc(C(=O)NC2CC3(CCN(C)CC3)C2)c(F)cc1Nc1ncc(C(F)(F)F)c(Cc2cccc3c2C(=O)N(C)C32CC2)n1. The van der Waals surface area contributed by atoms with Crippen molar-refractivity contribution in [2.45, 2.75) is 62.7 Å².